The fraction of sp³-hybridized carbons (Fsp3) is 0.750. The van der Waals surface area contributed by atoms with E-state index in [0.717, 1.165) is 237 Å². The Kier molecular flexibility index (Phi) is 48.6. The Hall–Kier alpha value is -4.44. The molecule has 0 spiro atoms. The average Bonchev–Trinajstić information content (AvgIpc) is 0.784. The predicted molar refractivity (Wildman–Crippen MR) is 542 cm³/mol. The molecule has 0 saturated carbocycles. The van der Waals surface area contributed by atoms with Gasteiger partial charge in [0.25, 0.3) is 0 Å². The highest BCUT2D eigenvalue weighted by Gasteiger charge is 2.36. The molecular weight excluding hydrogens is 1610 g/mol. The van der Waals surface area contributed by atoms with Crippen LogP contribution in [0.2, 0.25) is 0 Å². The molecule has 684 valence electrons. The van der Waals surface area contributed by atoms with E-state index in [-0.39, 0.29) is 65.1 Å². The minimum Gasteiger partial charge on any atom is -0.371 e. The molecule has 0 unspecified atom stereocenters. The second-order valence-electron chi connectivity index (χ2n) is 39.7. The van der Waals surface area contributed by atoms with Gasteiger partial charge in [-0.15, -0.1) is 0 Å². The molecule has 0 amide bonds. The van der Waals surface area contributed by atoms with Crippen molar-refractivity contribution in [3.05, 3.63) is 122 Å². The second kappa shape index (κ2) is 51.4. The fourth-order valence-corrected chi connectivity index (χ4v) is 18.6. The molecule has 0 aromatic heterocycles. The third-order valence-corrected chi connectivity index (χ3v) is 24.6. The van der Waals surface area contributed by atoms with Crippen molar-refractivity contribution < 1.29 is 0 Å². The van der Waals surface area contributed by atoms with E-state index in [9.17, 15) is 28.8 Å². The van der Waals surface area contributed by atoms with Crippen molar-refractivity contribution in [2.24, 2.45) is 0 Å². The summed E-state index contributed by atoms with van der Waals surface area (Å²) in [5, 5.41) is 0. The van der Waals surface area contributed by atoms with Crippen molar-refractivity contribution in [1.29, 1.82) is 0 Å². The zero-order valence-corrected chi connectivity index (χ0v) is 87.4. The summed E-state index contributed by atoms with van der Waals surface area (Å²) in [6.45, 7) is 76.4. The monoisotopic (exact) mass is 1780 g/mol. The van der Waals surface area contributed by atoms with E-state index in [1.807, 2.05) is 42.3 Å². The van der Waals surface area contributed by atoms with Gasteiger partial charge in [-0.25, -0.2) is 0 Å². The summed E-state index contributed by atoms with van der Waals surface area (Å²) < 4.78 is 3.18. The molecule has 0 bridgehead atoms. The van der Waals surface area contributed by atoms with Gasteiger partial charge in [0.15, 0.2) is 0 Å². The quantitative estimate of drug-likeness (QED) is 0.0335. The Balaban J connectivity index is 0.000000721. The second-order valence-corrected chi connectivity index (χ2v) is 42.2. The average molecular weight is 1780 g/mol. The van der Waals surface area contributed by atoms with E-state index < -0.39 is 0 Å². The smallest absolute Gasteiger partial charge is 0.220 e. The van der Waals surface area contributed by atoms with Crippen LogP contribution in [0.3, 0.4) is 0 Å². The molecule has 0 radical (unpaired) electrons. The third kappa shape index (κ3) is 33.4. The molecule has 0 aliphatic heterocycles. The van der Waals surface area contributed by atoms with Crippen molar-refractivity contribution in [3.63, 3.8) is 0 Å². The molecule has 0 saturated heterocycles. The van der Waals surface area contributed by atoms with Crippen LogP contribution in [0.4, 0.5) is 34.1 Å². The normalized spacial score (nSPS) is 12.3. The number of hydrogen-bond donors (Lipinski definition) is 0. The molecule has 0 aliphatic carbocycles. The van der Waals surface area contributed by atoms with Crippen LogP contribution in [0, 0.1) is 27.1 Å². The molecule has 6 rings (SSSR count). The third-order valence-electron chi connectivity index (χ3n) is 22.3. The summed E-state index contributed by atoms with van der Waals surface area (Å²) >= 11 is 31.3. The lowest BCUT2D eigenvalue weighted by atomic mass is 9.82. The van der Waals surface area contributed by atoms with E-state index in [1.165, 1.54) is 25.7 Å². The van der Waals surface area contributed by atoms with Crippen LogP contribution in [0.25, 0.3) is 0 Å². The summed E-state index contributed by atoms with van der Waals surface area (Å²) in [4.78, 5) is 98.7. The maximum absolute atomic E-state index is 12.1. The van der Waals surface area contributed by atoms with Crippen LogP contribution >= 0.6 is 73.3 Å². The minimum absolute atomic E-state index is 0.0438. The van der Waals surface area contributed by atoms with Crippen molar-refractivity contribution in [3.8, 4) is 0 Å². The predicted octanol–water partition coefficient (Wildman–Crippen LogP) is 18.7. The number of anilines is 6. The zero-order chi connectivity index (χ0) is 93.0. The summed E-state index contributed by atoms with van der Waals surface area (Å²) in [6, 6.07) is 0. The highest BCUT2D eigenvalue weighted by Crippen LogP contribution is 2.38. The Morgan fingerprint density at radius 2 is 0.392 bits per heavy atom. The van der Waals surface area contributed by atoms with Crippen molar-refractivity contribution >= 4 is 107 Å². The first-order valence-electron chi connectivity index (χ1n) is 44.7. The molecule has 0 atom stereocenters. The van der Waals surface area contributed by atoms with E-state index in [1.54, 1.807) is 0 Å². The molecule has 18 nitrogen and oxygen atoms in total. The van der Waals surface area contributed by atoms with E-state index in [4.69, 9.17) is 73.3 Å². The van der Waals surface area contributed by atoms with Gasteiger partial charge >= 0.3 is 0 Å². The van der Waals surface area contributed by atoms with Crippen LogP contribution in [0.15, 0.2) is 28.8 Å². The lowest BCUT2D eigenvalue weighted by Crippen LogP contribution is -2.36. The Morgan fingerprint density at radius 1 is 0.208 bits per heavy atom. The molecular formula is C96H168N12O6S6. The van der Waals surface area contributed by atoms with Gasteiger partial charge in [-0.05, 0) is 217 Å². The molecule has 24 heteroatoms. The van der Waals surface area contributed by atoms with Crippen LogP contribution in [-0.2, 0) is 32.5 Å². The van der Waals surface area contributed by atoms with Gasteiger partial charge in [0.2, 0.25) is 32.6 Å². The first kappa shape index (κ1) is 114. The lowest BCUT2D eigenvalue weighted by molar-refractivity contribution is 0.272. The highest BCUT2D eigenvalue weighted by atomic mass is 32.1. The topological polar surface area (TPSA) is 141 Å². The molecule has 6 aromatic rings. The molecule has 120 heavy (non-hydrogen) atoms. The first-order valence-corrected chi connectivity index (χ1v) is 47.2. The van der Waals surface area contributed by atoms with Gasteiger partial charge in [-0.1, -0.05) is 253 Å². The minimum atomic E-state index is -0.0506. The fourth-order valence-electron chi connectivity index (χ4n) is 15.6. The maximum atomic E-state index is 12.1. The SMILES string of the molecule is CCCN(C)CCCN(C)c1c(C(C)(C)C)c(=S)c1=O.CCCN(CC)CCCN(C)c1c(C(C)(C)C)c(=S)c1=O.CCCN(CCC)CCCN(C)c1c(C(C)(C)C)c(=S)c1=O.CCN(C)CCCN(C)c1c(C(C)(C)C)c(=S)c1=O.CCN(CC)CCCN(C)c1c(C(C)(C)C)c(=S)c1=O.CN(C)CCCN(C)c1c(C(C)(C)C)c(=S)c1=O. The van der Waals surface area contributed by atoms with Gasteiger partial charge in [-0.2, -0.15) is 0 Å². The van der Waals surface area contributed by atoms with Crippen LogP contribution < -0.4 is 62.0 Å². The van der Waals surface area contributed by atoms with E-state index in [2.05, 4.69) is 267 Å². The maximum Gasteiger partial charge on any atom is 0.220 e. The van der Waals surface area contributed by atoms with Crippen molar-refractivity contribution in [2.45, 2.75) is 277 Å². The van der Waals surface area contributed by atoms with Crippen molar-refractivity contribution in [1.82, 2.24) is 29.4 Å². The Labute approximate surface area is 760 Å². The largest absolute Gasteiger partial charge is 0.371 e. The molecule has 0 heterocycles. The molecule has 0 aliphatic rings. The highest BCUT2D eigenvalue weighted by molar-refractivity contribution is 7.72. The van der Waals surface area contributed by atoms with Crippen LogP contribution in [-0.4, -0.2) is 231 Å². The summed E-state index contributed by atoms with van der Waals surface area (Å²) in [5.41, 5.74) is 11.4. The van der Waals surface area contributed by atoms with E-state index in [0.29, 0.717) is 27.1 Å². The number of rotatable bonds is 42. The van der Waals surface area contributed by atoms with Gasteiger partial charge in [0.1, 0.15) is 0 Å². The standard InChI is InChI=1S/C18H32N2OS.C17H30N2OS.2C16H28N2OS.C15H26N2OS.C14H24N2OS/c1-7-10-20(11-8-2)13-9-12-19(6)15-14(18(3,4)5)17(22)16(15)21;1-7-10-19(8-2)12-9-11-18(6)14-13(17(3,4)5)16(21)15(14)20;1-7-9-17(5)10-8-11-18(6)13-12(16(2,3)4)15(20)14(13)19;1-7-18(8-2)11-9-10-17(6)13-12(16(3,4)5)15(20)14(13)19;1-7-16(5)9-8-10-17(6)12-11(15(2,3)4)14(19)13(12)18;1-14(2,3)10-11(12(17)13(10)18)16(6)9-7-8-15(4)5/h7-13H2,1-6H3;7-12H2,1-6H3;2*7-11H2,1-6H3;7-10H2,1-6H3;7-9H2,1-6H3. The van der Waals surface area contributed by atoms with Crippen molar-refractivity contribution in [2.75, 3.05) is 231 Å². The molecule has 6 aromatic carbocycles. The van der Waals surface area contributed by atoms with Crippen LogP contribution in [0.5, 0.6) is 0 Å². The van der Waals surface area contributed by atoms with Crippen LogP contribution in [0.1, 0.15) is 278 Å². The first-order chi connectivity index (χ1) is 55.3. The summed E-state index contributed by atoms with van der Waals surface area (Å²) in [6.07, 6.45) is 11.2. The zero-order valence-electron chi connectivity index (χ0n) is 82.5. The van der Waals surface area contributed by atoms with Gasteiger partial charge < -0.3 is 58.8 Å². The number of nitrogens with zero attached hydrogens (tertiary/aromatic N) is 12. The van der Waals surface area contributed by atoms with E-state index >= 15 is 0 Å². The number of hydrogen-bond acceptors (Lipinski definition) is 24. The Bertz CT molecular complexity index is 4520. The van der Waals surface area contributed by atoms with Gasteiger partial charge in [0, 0.05) is 115 Å². The molecule has 0 fully saturated rings. The molecule has 0 N–H and O–H groups in total. The Morgan fingerprint density at radius 3 is 0.583 bits per heavy atom. The summed E-state index contributed by atoms with van der Waals surface area (Å²) in [5.74, 6) is 0. The lowest BCUT2D eigenvalue weighted by Gasteiger charge is -2.31. The van der Waals surface area contributed by atoms with Gasteiger partial charge in [0.05, 0.1) is 61.2 Å². The van der Waals surface area contributed by atoms with Gasteiger partial charge in [-0.3, -0.25) is 28.8 Å². The summed E-state index contributed by atoms with van der Waals surface area (Å²) in [7, 11) is 20.4.